The molecule has 0 saturated carbocycles. The third-order valence-corrected chi connectivity index (χ3v) is 4.97. The van der Waals surface area contributed by atoms with E-state index in [9.17, 15) is 14.9 Å². The van der Waals surface area contributed by atoms with E-state index in [1.807, 2.05) is 24.3 Å². The predicted octanol–water partition coefficient (Wildman–Crippen LogP) is 4.31. The Morgan fingerprint density at radius 1 is 1.30 bits per heavy atom. The molecule has 2 aromatic carbocycles. The monoisotopic (exact) mass is 345 g/mol. The molecular weight excluding hydrogens is 334 g/mol. The summed E-state index contributed by atoms with van der Waals surface area (Å²) in [6.07, 6.45) is 0. The minimum absolute atomic E-state index is 0.0696. The molecule has 1 heterocycles. The van der Waals surface area contributed by atoms with Gasteiger partial charge in [0.05, 0.1) is 15.1 Å². The molecule has 0 aliphatic carbocycles. The second-order valence-corrected chi connectivity index (χ2v) is 7.05. The zero-order valence-corrected chi connectivity index (χ0v) is 13.6. The molecule has 3 aromatic rings. The zero-order chi connectivity index (χ0) is 16.4. The van der Waals surface area contributed by atoms with Crippen molar-refractivity contribution >= 4 is 50.6 Å². The number of aromatic nitrogens is 1. The highest BCUT2D eigenvalue weighted by molar-refractivity contribution is 8.01. The average molecular weight is 345 g/mol. The number of para-hydroxylation sites is 1. The smallest absolute Gasteiger partial charge is 0.272 e. The van der Waals surface area contributed by atoms with E-state index in [0.717, 1.165) is 14.6 Å². The molecule has 0 aliphatic rings. The minimum atomic E-state index is -0.478. The summed E-state index contributed by atoms with van der Waals surface area (Å²) in [6, 6.07) is 12.3. The van der Waals surface area contributed by atoms with E-state index in [1.165, 1.54) is 42.2 Å². The fraction of sp³-hybridized carbons (Fsp3) is 0.0667. The van der Waals surface area contributed by atoms with Crippen molar-refractivity contribution in [3.05, 3.63) is 52.6 Å². The van der Waals surface area contributed by atoms with Crippen molar-refractivity contribution in [1.29, 1.82) is 0 Å². The average Bonchev–Trinajstić information content (AvgIpc) is 2.88. The first-order valence-electron chi connectivity index (χ1n) is 6.62. The number of non-ortho nitro benzene ring substituents is 1. The zero-order valence-electron chi connectivity index (χ0n) is 12.0. The SMILES string of the molecule is CC(=O)Nc1cc(Sc2nc3ccccc3s2)cc([N+](=O)[O-])c1. The lowest BCUT2D eigenvalue weighted by molar-refractivity contribution is -0.385. The topological polar surface area (TPSA) is 85.1 Å². The van der Waals surface area contributed by atoms with Gasteiger partial charge >= 0.3 is 0 Å². The third-order valence-electron chi connectivity index (χ3n) is 2.90. The molecule has 0 saturated heterocycles. The lowest BCUT2D eigenvalue weighted by Crippen LogP contribution is -2.06. The number of nitrogens with one attached hydrogen (secondary N) is 1. The standard InChI is InChI=1S/C15H11N3O3S2/c1-9(19)16-10-6-11(18(20)21)8-12(7-10)22-15-17-13-4-2-3-5-14(13)23-15/h2-8H,1H3,(H,16,19). The van der Waals surface area contributed by atoms with E-state index < -0.39 is 4.92 Å². The maximum atomic E-state index is 11.2. The molecule has 0 bridgehead atoms. The molecule has 1 aromatic heterocycles. The van der Waals surface area contributed by atoms with Crippen LogP contribution in [0.5, 0.6) is 0 Å². The number of benzene rings is 2. The number of hydrogen-bond acceptors (Lipinski definition) is 6. The number of nitrogens with zero attached hydrogens (tertiary/aromatic N) is 2. The van der Waals surface area contributed by atoms with Crippen LogP contribution < -0.4 is 5.32 Å². The third kappa shape index (κ3) is 3.66. The van der Waals surface area contributed by atoms with Crippen LogP contribution in [0.2, 0.25) is 0 Å². The van der Waals surface area contributed by atoms with Crippen molar-refractivity contribution in [1.82, 2.24) is 4.98 Å². The van der Waals surface area contributed by atoms with Gasteiger partial charge in [-0.05, 0) is 18.2 Å². The molecule has 1 N–H and O–H groups in total. The van der Waals surface area contributed by atoms with Crippen LogP contribution in [-0.4, -0.2) is 15.8 Å². The largest absolute Gasteiger partial charge is 0.326 e. The summed E-state index contributed by atoms with van der Waals surface area (Å²) in [4.78, 5) is 26.9. The minimum Gasteiger partial charge on any atom is -0.326 e. The molecule has 0 spiro atoms. The molecule has 0 aliphatic heterocycles. The number of anilines is 1. The maximum Gasteiger partial charge on any atom is 0.272 e. The van der Waals surface area contributed by atoms with Crippen LogP contribution >= 0.6 is 23.1 Å². The second-order valence-electron chi connectivity index (χ2n) is 4.70. The molecule has 23 heavy (non-hydrogen) atoms. The number of hydrogen-bond donors (Lipinski definition) is 1. The summed E-state index contributed by atoms with van der Waals surface area (Å²) in [5, 5.41) is 13.6. The molecule has 1 amide bonds. The van der Waals surface area contributed by atoms with Crippen LogP contribution in [0.15, 0.2) is 51.7 Å². The number of nitro groups is 1. The number of fused-ring (bicyclic) bond motifs is 1. The van der Waals surface area contributed by atoms with Crippen LogP contribution in [0.4, 0.5) is 11.4 Å². The predicted molar refractivity (Wildman–Crippen MR) is 91.1 cm³/mol. The number of amides is 1. The second kappa shape index (κ2) is 6.35. The lowest BCUT2D eigenvalue weighted by Gasteiger charge is -2.05. The normalized spacial score (nSPS) is 10.7. The van der Waals surface area contributed by atoms with Gasteiger partial charge in [-0.3, -0.25) is 14.9 Å². The summed E-state index contributed by atoms with van der Waals surface area (Å²) in [5.74, 6) is -0.276. The van der Waals surface area contributed by atoms with E-state index in [0.29, 0.717) is 10.6 Å². The van der Waals surface area contributed by atoms with Crippen molar-refractivity contribution < 1.29 is 9.72 Å². The fourth-order valence-electron chi connectivity index (χ4n) is 2.02. The van der Waals surface area contributed by atoms with Crippen molar-refractivity contribution in [2.75, 3.05) is 5.32 Å². The van der Waals surface area contributed by atoms with Crippen molar-refractivity contribution in [3.8, 4) is 0 Å². The van der Waals surface area contributed by atoms with Gasteiger partial charge in [-0.25, -0.2) is 4.98 Å². The van der Waals surface area contributed by atoms with Crippen LogP contribution in [0.3, 0.4) is 0 Å². The van der Waals surface area contributed by atoms with Crippen LogP contribution in [-0.2, 0) is 4.79 Å². The lowest BCUT2D eigenvalue weighted by atomic mass is 10.3. The van der Waals surface area contributed by atoms with E-state index in [-0.39, 0.29) is 11.6 Å². The quantitative estimate of drug-likeness (QED) is 0.562. The molecule has 0 fully saturated rings. The summed E-state index contributed by atoms with van der Waals surface area (Å²) >= 11 is 2.86. The Balaban J connectivity index is 1.95. The summed E-state index contributed by atoms with van der Waals surface area (Å²) in [7, 11) is 0. The molecule has 6 nitrogen and oxygen atoms in total. The van der Waals surface area contributed by atoms with Gasteiger partial charge in [-0.2, -0.15) is 0 Å². The van der Waals surface area contributed by atoms with Crippen LogP contribution in [0.25, 0.3) is 10.2 Å². The highest BCUT2D eigenvalue weighted by Crippen LogP contribution is 2.37. The molecule has 116 valence electrons. The van der Waals surface area contributed by atoms with Gasteiger partial charge in [0.25, 0.3) is 5.69 Å². The summed E-state index contributed by atoms with van der Waals surface area (Å²) < 4.78 is 1.85. The Hall–Kier alpha value is -2.45. The van der Waals surface area contributed by atoms with Gasteiger partial charge < -0.3 is 5.32 Å². The van der Waals surface area contributed by atoms with Crippen molar-refractivity contribution in [2.24, 2.45) is 0 Å². The van der Waals surface area contributed by atoms with Crippen LogP contribution in [0, 0.1) is 10.1 Å². The number of nitro benzene ring substituents is 1. The molecule has 8 heteroatoms. The molecule has 0 radical (unpaired) electrons. The van der Waals surface area contributed by atoms with Gasteiger partial charge in [-0.15, -0.1) is 11.3 Å². The van der Waals surface area contributed by atoms with Gasteiger partial charge in [0.15, 0.2) is 4.34 Å². The number of carbonyl (C=O) groups excluding carboxylic acids is 1. The Bertz CT molecular complexity index is 875. The van der Waals surface area contributed by atoms with Gasteiger partial charge in [0.1, 0.15) is 0 Å². The highest BCUT2D eigenvalue weighted by Gasteiger charge is 2.13. The van der Waals surface area contributed by atoms with Crippen LogP contribution in [0.1, 0.15) is 6.92 Å². The van der Waals surface area contributed by atoms with E-state index in [1.54, 1.807) is 6.07 Å². The molecule has 3 rings (SSSR count). The first kappa shape index (κ1) is 15.4. The number of carbonyl (C=O) groups is 1. The van der Waals surface area contributed by atoms with Gasteiger partial charge in [-0.1, -0.05) is 23.9 Å². The maximum absolute atomic E-state index is 11.2. The Kier molecular flexibility index (Phi) is 4.26. The van der Waals surface area contributed by atoms with E-state index in [4.69, 9.17) is 0 Å². The fourth-order valence-corrected chi connectivity index (χ4v) is 4.15. The van der Waals surface area contributed by atoms with Crippen molar-refractivity contribution in [2.45, 2.75) is 16.2 Å². The molecular formula is C15H11N3O3S2. The Morgan fingerprint density at radius 3 is 2.78 bits per heavy atom. The Morgan fingerprint density at radius 2 is 2.09 bits per heavy atom. The van der Waals surface area contributed by atoms with E-state index in [2.05, 4.69) is 10.3 Å². The Labute approximate surface area is 139 Å². The molecule has 0 unspecified atom stereocenters. The van der Waals surface area contributed by atoms with Gasteiger partial charge in [0, 0.05) is 29.6 Å². The van der Waals surface area contributed by atoms with E-state index >= 15 is 0 Å². The summed E-state index contributed by atoms with van der Waals surface area (Å²) in [5.41, 5.74) is 1.22. The number of rotatable bonds is 4. The molecule has 0 atom stereocenters. The van der Waals surface area contributed by atoms with Gasteiger partial charge in [0.2, 0.25) is 5.91 Å². The first-order valence-corrected chi connectivity index (χ1v) is 8.25. The highest BCUT2D eigenvalue weighted by atomic mass is 32.2. The first-order chi connectivity index (χ1) is 11.0. The van der Waals surface area contributed by atoms with Crippen molar-refractivity contribution in [3.63, 3.8) is 0 Å². The number of thiazole rings is 1. The summed E-state index contributed by atoms with van der Waals surface area (Å²) in [6.45, 7) is 1.36.